The van der Waals surface area contributed by atoms with Gasteiger partial charge >= 0.3 is 0 Å². The summed E-state index contributed by atoms with van der Waals surface area (Å²) in [6, 6.07) is 10.7. The fourth-order valence-corrected chi connectivity index (χ4v) is 5.21. The van der Waals surface area contributed by atoms with Crippen LogP contribution >= 0.6 is 11.8 Å². The lowest BCUT2D eigenvalue weighted by Gasteiger charge is -2.29. The van der Waals surface area contributed by atoms with Crippen LogP contribution in [0.4, 0.5) is 0 Å². The number of hydrogen-bond donors (Lipinski definition) is 4. The standard InChI is InChI=1S/C30H42N6O4S/c1-20(2)27-30(40)34-25(12-14-41-4)29(39)32-21(3)28(38)33-24(15-22-9-6-5-7-10-22)18-36(19-26(37)35-27)17-23-11-8-13-31-16-23/h5-11,13,16,20-21,24-25,27H,12,14-15,17-19H2,1-4H3,(H,32,39)(H,33,38)(H,34,40)(H,35,37)/t21-,24+,25-,27-/m0/s1. The first kappa shape index (κ1) is 32.1. The number of aromatic nitrogens is 1. The normalized spacial score (nSPS) is 23.5. The average Bonchev–Trinajstić information content (AvgIpc) is 2.94. The molecule has 1 aromatic carbocycles. The number of amides is 4. The molecule has 1 aliphatic heterocycles. The van der Waals surface area contributed by atoms with Gasteiger partial charge in [0.25, 0.3) is 0 Å². The van der Waals surface area contributed by atoms with Crippen LogP contribution in [-0.2, 0) is 32.1 Å². The van der Waals surface area contributed by atoms with Crippen LogP contribution < -0.4 is 21.3 Å². The molecule has 1 fully saturated rings. The molecule has 4 amide bonds. The lowest BCUT2D eigenvalue weighted by Crippen LogP contribution is -2.57. The molecule has 10 nitrogen and oxygen atoms in total. The van der Waals surface area contributed by atoms with Gasteiger partial charge in [0, 0.05) is 31.5 Å². The molecular weight excluding hydrogens is 540 g/mol. The number of carbonyl (C=O) groups excluding carboxylic acids is 4. The molecule has 41 heavy (non-hydrogen) atoms. The second-order valence-corrected chi connectivity index (χ2v) is 11.8. The van der Waals surface area contributed by atoms with Crippen LogP contribution in [0.3, 0.4) is 0 Å². The van der Waals surface area contributed by atoms with Crippen molar-refractivity contribution in [2.75, 3.05) is 25.1 Å². The Morgan fingerprint density at radius 3 is 2.32 bits per heavy atom. The van der Waals surface area contributed by atoms with Crippen LogP contribution in [0.15, 0.2) is 54.9 Å². The van der Waals surface area contributed by atoms with Gasteiger partial charge in [0.15, 0.2) is 0 Å². The van der Waals surface area contributed by atoms with Gasteiger partial charge in [-0.1, -0.05) is 50.2 Å². The molecule has 3 rings (SSSR count). The van der Waals surface area contributed by atoms with E-state index in [0.29, 0.717) is 31.7 Å². The number of rotatable bonds is 8. The van der Waals surface area contributed by atoms with Gasteiger partial charge in [-0.25, -0.2) is 0 Å². The summed E-state index contributed by atoms with van der Waals surface area (Å²) < 4.78 is 0. The largest absolute Gasteiger partial charge is 0.350 e. The number of nitrogens with zero attached hydrogens (tertiary/aromatic N) is 2. The number of pyridine rings is 1. The maximum absolute atomic E-state index is 13.4. The molecule has 4 atom stereocenters. The highest BCUT2D eigenvalue weighted by molar-refractivity contribution is 7.98. The third-order valence-electron chi connectivity index (χ3n) is 6.91. The predicted molar refractivity (Wildman–Crippen MR) is 161 cm³/mol. The summed E-state index contributed by atoms with van der Waals surface area (Å²) in [6.45, 7) is 6.12. The second kappa shape index (κ2) is 16.1. The van der Waals surface area contributed by atoms with Gasteiger partial charge in [0.1, 0.15) is 18.1 Å². The molecule has 4 N–H and O–H groups in total. The van der Waals surface area contributed by atoms with E-state index in [1.54, 1.807) is 31.1 Å². The minimum atomic E-state index is -0.837. The van der Waals surface area contributed by atoms with Gasteiger partial charge in [-0.15, -0.1) is 0 Å². The van der Waals surface area contributed by atoms with Crippen LogP contribution in [-0.4, -0.2) is 82.8 Å². The molecule has 222 valence electrons. The maximum Gasteiger partial charge on any atom is 0.243 e. The zero-order valence-corrected chi connectivity index (χ0v) is 25.1. The van der Waals surface area contributed by atoms with Crippen molar-refractivity contribution in [1.82, 2.24) is 31.2 Å². The van der Waals surface area contributed by atoms with Gasteiger partial charge in [-0.2, -0.15) is 11.8 Å². The van der Waals surface area contributed by atoms with Crippen molar-refractivity contribution in [3.63, 3.8) is 0 Å². The predicted octanol–water partition coefficient (Wildman–Crippen LogP) is 1.51. The Kier molecular flexibility index (Phi) is 12.6. The molecular formula is C30H42N6O4S. The lowest BCUT2D eigenvalue weighted by atomic mass is 10.0. The maximum atomic E-state index is 13.4. The van der Waals surface area contributed by atoms with Crippen LogP contribution in [0.1, 0.15) is 38.3 Å². The summed E-state index contributed by atoms with van der Waals surface area (Å²) in [7, 11) is 0. The fourth-order valence-electron chi connectivity index (χ4n) is 4.74. The van der Waals surface area contributed by atoms with E-state index in [4.69, 9.17) is 0 Å². The summed E-state index contributed by atoms with van der Waals surface area (Å²) in [6.07, 6.45) is 6.28. The first-order valence-corrected chi connectivity index (χ1v) is 15.4. The van der Waals surface area contributed by atoms with E-state index in [-0.39, 0.29) is 30.3 Å². The smallest absolute Gasteiger partial charge is 0.243 e. The fraction of sp³-hybridized carbons (Fsp3) is 0.500. The Morgan fingerprint density at radius 2 is 1.66 bits per heavy atom. The van der Waals surface area contributed by atoms with Gasteiger partial charge in [-0.3, -0.25) is 29.1 Å². The molecule has 0 saturated carbocycles. The SMILES string of the molecule is CSCC[C@@H]1NC(=O)[C@H](C(C)C)NC(=O)CN(Cc2cccnc2)C[C@@H](Cc2ccccc2)NC(=O)[C@H](C)NC1=O. The molecule has 0 bridgehead atoms. The Morgan fingerprint density at radius 1 is 0.927 bits per heavy atom. The minimum absolute atomic E-state index is 0.00912. The highest BCUT2D eigenvalue weighted by Gasteiger charge is 2.31. The summed E-state index contributed by atoms with van der Waals surface area (Å²) >= 11 is 1.56. The van der Waals surface area contributed by atoms with Gasteiger partial charge in [0.05, 0.1) is 6.54 Å². The van der Waals surface area contributed by atoms with Crippen molar-refractivity contribution in [3.05, 3.63) is 66.0 Å². The molecule has 0 radical (unpaired) electrons. The highest BCUT2D eigenvalue weighted by Crippen LogP contribution is 2.11. The Labute approximate surface area is 246 Å². The third kappa shape index (κ3) is 10.5. The minimum Gasteiger partial charge on any atom is -0.350 e. The lowest BCUT2D eigenvalue weighted by molar-refractivity contribution is -0.134. The zero-order valence-electron chi connectivity index (χ0n) is 24.3. The van der Waals surface area contributed by atoms with E-state index in [1.807, 2.05) is 67.5 Å². The first-order valence-electron chi connectivity index (χ1n) is 14.0. The van der Waals surface area contributed by atoms with E-state index in [1.165, 1.54) is 0 Å². The van der Waals surface area contributed by atoms with Crippen molar-refractivity contribution >= 4 is 35.4 Å². The Balaban J connectivity index is 1.95. The molecule has 2 heterocycles. The number of carbonyl (C=O) groups is 4. The van der Waals surface area contributed by atoms with Gasteiger partial charge in [-0.05, 0) is 54.9 Å². The molecule has 11 heteroatoms. The van der Waals surface area contributed by atoms with Crippen LogP contribution in [0.2, 0.25) is 0 Å². The molecule has 1 saturated heterocycles. The first-order chi connectivity index (χ1) is 19.7. The number of benzene rings is 1. The molecule has 1 aromatic heterocycles. The van der Waals surface area contributed by atoms with Crippen LogP contribution in [0.5, 0.6) is 0 Å². The molecule has 0 aliphatic carbocycles. The molecule has 0 unspecified atom stereocenters. The summed E-state index contributed by atoms with van der Waals surface area (Å²) in [5.41, 5.74) is 1.95. The Hall–Kier alpha value is -3.44. The summed E-state index contributed by atoms with van der Waals surface area (Å²) in [5, 5.41) is 11.6. The number of nitrogens with one attached hydrogen (secondary N) is 4. The van der Waals surface area contributed by atoms with Crippen LogP contribution in [0, 0.1) is 5.92 Å². The van der Waals surface area contributed by atoms with Gasteiger partial charge in [0.2, 0.25) is 23.6 Å². The van der Waals surface area contributed by atoms with E-state index < -0.39 is 29.9 Å². The summed E-state index contributed by atoms with van der Waals surface area (Å²) in [5.74, 6) is -1.09. The highest BCUT2D eigenvalue weighted by atomic mass is 32.2. The molecule has 1 aliphatic rings. The van der Waals surface area contributed by atoms with Crippen LogP contribution in [0.25, 0.3) is 0 Å². The van der Waals surface area contributed by atoms with Crippen molar-refractivity contribution in [1.29, 1.82) is 0 Å². The summed E-state index contributed by atoms with van der Waals surface area (Å²) in [4.78, 5) is 59.4. The van der Waals surface area contributed by atoms with Crippen molar-refractivity contribution in [2.24, 2.45) is 5.92 Å². The Bertz CT molecular complexity index is 1150. The number of thioether (sulfide) groups is 1. The van der Waals surface area contributed by atoms with Gasteiger partial charge < -0.3 is 21.3 Å². The van der Waals surface area contributed by atoms with Crippen molar-refractivity contribution in [3.8, 4) is 0 Å². The van der Waals surface area contributed by atoms with Crippen molar-refractivity contribution in [2.45, 2.75) is 64.3 Å². The third-order valence-corrected chi connectivity index (χ3v) is 7.55. The topological polar surface area (TPSA) is 133 Å². The average molecular weight is 583 g/mol. The quantitative estimate of drug-likeness (QED) is 0.371. The van der Waals surface area contributed by atoms with E-state index in [2.05, 4.69) is 26.3 Å². The number of hydrogen-bond acceptors (Lipinski definition) is 7. The zero-order chi connectivity index (χ0) is 29.8. The van der Waals surface area contributed by atoms with E-state index in [9.17, 15) is 19.2 Å². The van der Waals surface area contributed by atoms with E-state index >= 15 is 0 Å². The van der Waals surface area contributed by atoms with Crippen molar-refractivity contribution < 1.29 is 19.2 Å². The van der Waals surface area contributed by atoms with E-state index in [0.717, 1.165) is 11.1 Å². The second-order valence-electron chi connectivity index (χ2n) is 10.8. The monoisotopic (exact) mass is 582 g/mol. The molecule has 2 aromatic rings. The molecule has 0 spiro atoms.